The lowest BCUT2D eigenvalue weighted by molar-refractivity contribution is -0.147. The van der Waals surface area contributed by atoms with E-state index in [2.05, 4.69) is 16.9 Å². The highest BCUT2D eigenvalue weighted by molar-refractivity contribution is 5.81. The fourth-order valence-electron chi connectivity index (χ4n) is 2.09. The predicted molar refractivity (Wildman–Crippen MR) is 59.2 cm³/mol. The van der Waals surface area contributed by atoms with Gasteiger partial charge in [0.05, 0.1) is 0 Å². The molecular weight excluding hydrogens is 204 g/mol. The molecule has 1 aliphatic carbocycles. The molecule has 0 bridgehead atoms. The van der Waals surface area contributed by atoms with Crippen LogP contribution in [0.5, 0.6) is 0 Å². The molecule has 1 saturated carbocycles. The Balaban J connectivity index is 2.32. The maximum atomic E-state index is 11.3. The number of aryl methyl sites for hydroxylation is 1. The van der Waals surface area contributed by atoms with Gasteiger partial charge in [0.1, 0.15) is 11.2 Å². The van der Waals surface area contributed by atoms with Crippen LogP contribution in [0.25, 0.3) is 0 Å². The molecule has 1 heterocycles. The summed E-state index contributed by atoms with van der Waals surface area (Å²) in [6.07, 6.45) is 5.85. The highest BCUT2D eigenvalue weighted by Gasteiger charge is 2.48. The molecule has 1 N–H and O–H groups in total. The molecule has 4 heteroatoms. The van der Waals surface area contributed by atoms with Crippen molar-refractivity contribution in [1.82, 2.24) is 9.97 Å². The lowest BCUT2D eigenvalue weighted by Gasteiger charge is -2.35. The van der Waals surface area contributed by atoms with Gasteiger partial charge in [0, 0.05) is 11.9 Å². The molecular formula is C12H16N2O2. The molecule has 16 heavy (non-hydrogen) atoms. The molecule has 1 aromatic heterocycles. The van der Waals surface area contributed by atoms with Crippen LogP contribution in [0, 0.1) is 0 Å². The van der Waals surface area contributed by atoms with Crippen LogP contribution in [0.15, 0.2) is 12.3 Å². The van der Waals surface area contributed by atoms with E-state index in [1.54, 1.807) is 6.20 Å². The van der Waals surface area contributed by atoms with Crippen LogP contribution in [0.3, 0.4) is 0 Å². The largest absolute Gasteiger partial charge is 0.480 e. The predicted octanol–water partition coefficient (Wildman–Crippen LogP) is 1.94. The zero-order chi connectivity index (χ0) is 11.6. The molecule has 0 aliphatic heterocycles. The third kappa shape index (κ3) is 1.68. The van der Waals surface area contributed by atoms with Crippen molar-refractivity contribution in [3.63, 3.8) is 0 Å². The molecule has 0 unspecified atom stereocenters. The number of carboxylic acids is 1. The number of aromatic nitrogens is 2. The van der Waals surface area contributed by atoms with Gasteiger partial charge in [0.25, 0.3) is 0 Å². The standard InChI is InChI=1S/C12H16N2O2/c1-2-4-9-5-8-13-10(14-9)12(11(15)16)6-3-7-12/h5,8H,2-4,6-7H2,1H3,(H,15,16). The summed E-state index contributed by atoms with van der Waals surface area (Å²) in [5, 5.41) is 9.28. The summed E-state index contributed by atoms with van der Waals surface area (Å²) in [5.41, 5.74) is 0.143. The third-order valence-electron chi connectivity index (χ3n) is 3.26. The zero-order valence-electron chi connectivity index (χ0n) is 9.44. The Morgan fingerprint density at radius 2 is 2.31 bits per heavy atom. The van der Waals surface area contributed by atoms with Gasteiger partial charge in [0.2, 0.25) is 0 Å². The van der Waals surface area contributed by atoms with E-state index < -0.39 is 11.4 Å². The molecule has 1 aromatic rings. The molecule has 0 radical (unpaired) electrons. The Labute approximate surface area is 94.7 Å². The van der Waals surface area contributed by atoms with Crippen molar-refractivity contribution in [3.05, 3.63) is 23.8 Å². The topological polar surface area (TPSA) is 63.1 Å². The van der Waals surface area contributed by atoms with E-state index in [0.717, 1.165) is 25.0 Å². The van der Waals surface area contributed by atoms with Crippen LogP contribution < -0.4 is 0 Å². The van der Waals surface area contributed by atoms with Crippen LogP contribution in [0.1, 0.15) is 44.1 Å². The van der Waals surface area contributed by atoms with Crippen molar-refractivity contribution in [1.29, 1.82) is 0 Å². The number of aliphatic carboxylic acids is 1. The van der Waals surface area contributed by atoms with Gasteiger partial charge in [-0.15, -0.1) is 0 Å². The van der Waals surface area contributed by atoms with Crippen molar-refractivity contribution in [2.24, 2.45) is 0 Å². The second-order valence-electron chi connectivity index (χ2n) is 4.36. The lowest BCUT2D eigenvalue weighted by atomic mass is 9.68. The van der Waals surface area contributed by atoms with E-state index in [4.69, 9.17) is 0 Å². The Bertz CT molecular complexity index is 400. The van der Waals surface area contributed by atoms with Crippen LogP contribution in [-0.4, -0.2) is 21.0 Å². The summed E-state index contributed by atoms with van der Waals surface area (Å²) in [4.78, 5) is 19.8. The molecule has 0 amide bonds. The Morgan fingerprint density at radius 3 is 2.81 bits per heavy atom. The van der Waals surface area contributed by atoms with Gasteiger partial charge in [-0.2, -0.15) is 0 Å². The second kappa shape index (κ2) is 4.20. The minimum Gasteiger partial charge on any atom is -0.480 e. The van der Waals surface area contributed by atoms with Crippen LogP contribution >= 0.6 is 0 Å². The quantitative estimate of drug-likeness (QED) is 0.842. The third-order valence-corrected chi connectivity index (χ3v) is 3.26. The molecule has 4 nitrogen and oxygen atoms in total. The van der Waals surface area contributed by atoms with E-state index in [-0.39, 0.29) is 0 Å². The van der Waals surface area contributed by atoms with Crippen molar-refractivity contribution < 1.29 is 9.90 Å². The van der Waals surface area contributed by atoms with Gasteiger partial charge in [-0.05, 0) is 25.3 Å². The van der Waals surface area contributed by atoms with Crippen molar-refractivity contribution in [3.8, 4) is 0 Å². The molecule has 0 atom stereocenters. The maximum Gasteiger partial charge on any atom is 0.317 e. The lowest BCUT2D eigenvalue weighted by Crippen LogP contribution is -2.44. The number of rotatable bonds is 4. The zero-order valence-corrected chi connectivity index (χ0v) is 9.44. The molecule has 0 spiro atoms. The van der Waals surface area contributed by atoms with E-state index in [0.29, 0.717) is 18.7 Å². The smallest absolute Gasteiger partial charge is 0.317 e. The molecule has 2 rings (SSSR count). The van der Waals surface area contributed by atoms with E-state index in [9.17, 15) is 9.90 Å². The average Bonchev–Trinajstić information content (AvgIpc) is 2.16. The first-order chi connectivity index (χ1) is 7.69. The molecule has 1 aliphatic rings. The van der Waals surface area contributed by atoms with Crippen LogP contribution in [0.4, 0.5) is 0 Å². The molecule has 1 fully saturated rings. The van der Waals surface area contributed by atoms with Gasteiger partial charge in [0.15, 0.2) is 0 Å². The first-order valence-electron chi connectivity index (χ1n) is 5.75. The monoisotopic (exact) mass is 220 g/mol. The van der Waals surface area contributed by atoms with Crippen molar-refractivity contribution >= 4 is 5.97 Å². The van der Waals surface area contributed by atoms with Crippen LogP contribution in [-0.2, 0) is 16.6 Å². The van der Waals surface area contributed by atoms with Gasteiger partial charge in [-0.3, -0.25) is 4.79 Å². The second-order valence-corrected chi connectivity index (χ2v) is 4.36. The van der Waals surface area contributed by atoms with E-state index in [1.807, 2.05) is 6.07 Å². The first kappa shape index (κ1) is 11.0. The highest BCUT2D eigenvalue weighted by Crippen LogP contribution is 2.42. The summed E-state index contributed by atoms with van der Waals surface area (Å²) < 4.78 is 0. The summed E-state index contributed by atoms with van der Waals surface area (Å²) >= 11 is 0. The SMILES string of the molecule is CCCc1ccnc(C2(C(=O)O)CCC2)n1. The minimum atomic E-state index is -0.802. The van der Waals surface area contributed by atoms with Gasteiger partial charge >= 0.3 is 5.97 Å². The van der Waals surface area contributed by atoms with Crippen molar-refractivity contribution in [2.75, 3.05) is 0 Å². The summed E-state index contributed by atoms with van der Waals surface area (Å²) in [6.45, 7) is 2.08. The Kier molecular flexibility index (Phi) is 2.90. The van der Waals surface area contributed by atoms with Gasteiger partial charge in [-0.25, -0.2) is 9.97 Å². The number of hydrogen-bond acceptors (Lipinski definition) is 3. The average molecular weight is 220 g/mol. The van der Waals surface area contributed by atoms with Gasteiger partial charge in [-0.1, -0.05) is 19.8 Å². The number of carbonyl (C=O) groups is 1. The molecule has 0 saturated heterocycles. The minimum absolute atomic E-state index is 0.497. The van der Waals surface area contributed by atoms with E-state index in [1.165, 1.54) is 0 Å². The number of nitrogens with zero attached hydrogens (tertiary/aromatic N) is 2. The van der Waals surface area contributed by atoms with Crippen molar-refractivity contribution in [2.45, 2.75) is 44.4 Å². The van der Waals surface area contributed by atoms with Crippen LogP contribution in [0.2, 0.25) is 0 Å². The first-order valence-corrected chi connectivity index (χ1v) is 5.75. The highest BCUT2D eigenvalue weighted by atomic mass is 16.4. The molecule has 86 valence electrons. The Hall–Kier alpha value is -1.45. The summed E-state index contributed by atoms with van der Waals surface area (Å²) in [7, 11) is 0. The molecule has 0 aromatic carbocycles. The summed E-state index contributed by atoms with van der Waals surface area (Å²) in [5.74, 6) is -0.287. The fraction of sp³-hybridized carbons (Fsp3) is 0.583. The Morgan fingerprint density at radius 1 is 1.56 bits per heavy atom. The van der Waals surface area contributed by atoms with E-state index >= 15 is 0 Å². The van der Waals surface area contributed by atoms with Gasteiger partial charge < -0.3 is 5.11 Å². The summed E-state index contributed by atoms with van der Waals surface area (Å²) in [6, 6.07) is 1.86. The fourth-order valence-corrected chi connectivity index (χ4v) is 2.09. The normalized spacial score (nSPS) is 17.8. The number of hydrogen-bond donors (Lipinski definition) is 1. The maximum absolute atomic E-state index is 11.3. The number of carboxylic acid groups (broad SMARTS) is 1.